The molecule has 28 heteroatoms. The highest BCUT2D eigenvalue weighted by atomic mass is 32.2. The smallest absolute Gasteiger partial charge is 0.303 e. The summed E-state index contributed by atoms with van der Waals surface area (Å²) in [7, 11) is 0. The number of carboxylic acid groups (broad SMARTS) is 1. The van der Waals surface area contributed by atoms with E-state index in [4.69, 9.17) is 51.0 Å². The lowest BCUT2D eigenvalue weighted by atomic mass is 10.0. The quantitative estimate of drug-likeness (QED) is 0.0165. The van der Waals surface area contributed by atoms with Crippen LogP contribution in [0.5, 0.6) is 0 Å². The van der Waals surface area contributed by atoms with Gasteiger partial charge in [0.25, 0.3) is 0 Å². The molecular formula is C35H65N17O10S. The second-order valence-corrected chi connectivity index (χ2v) is 15.0. The number of hydrogen-bond acceptors (Lipinski definition) is 13. The standard InChI is InChI=1S/C35H65N17O10S/c1-18(53)47-20(6-3-14-44-33(38)39)28(58)49-22(8-5-16-46-35(42)43)30(60)51-23(9-11-25(36)54)31(61)52-24(13-17-63-2)32(62)50-21(7-4-15-45-34(40)41)29(59)48-19(27(37)57)10-12-26(55)56/h19-24H,3-17H2,1-2H3,(H2,36,54)(H2,37,57)(H,47,53)(H,48,59)(H,49,58)(H,50,62)(H,51,60)(H,52,61)(H,55,56)(H4,38,39,44)(H4,40,41,45)(H4,42,43,46)/t19-,20-,21-,22-,23-,24-/m0/s1. The van der Waals surface area contributed by atoms with E-state index in [1.165, 1.54) is 18.7 Å². The van der Waals surface area contributed by atoms with Gasteiger partial charge in [0.05, 0.1) is 0 Å². The number of nitrogens with zero attached hydrogens (tertiary/aromatic N) is 3. The number of carbonyl (C=O) groups excluding carboxylic acids is 8. The van der Waals surface area contributed by atoms with Crippen LogP contribution in [0.1, 0.15) is 77.6 Å². The Morgan fingerprint density at radius 1 is 0.476 bits per heavy atom. The number of carboxylic acids is 1. The Labute approximate surface area is 368 Å². The van der Waals surface area contributed by atoms with Gasteiger partial charge >= 0.3 is 5.97 Å². The lowest BCUT2D eigenvalue weighted by molar-refractivity contribution is -0.138. The van der Waals surface area contributed by atoms with E-state index >= 15 is 0 Å². The molecule has 23 N–H and O–H groups in total. The number of aliphatic carboxylic acids is 1. The number of carbonyl (C=O) groups is 9. The molecule has 27 nitrogen and oxygen atoms in total. The molecule has 0 spiro atoms. The van der Waals surface area contributed by atoms with E-state index in [1.54, 1.807) is 6.26 Å². The van der Waals surface area contributed by atoms with Gasteiger partial charge in [0.1, 0.15) is 36.3 Å². The Kier molecular flexibility index (Phi) is 28.0. The van der Waals surface area contributed by atoms with Crippen molar-refractivity contribution in [1.29, 1.82) is 0 Å². The number of nitrogens with one attached hydrogen (secondary N) is 6. The predicted molar refractivity (Wildman–Crippen MR) is 234 cm³/mol. The average molecular weight is 916 g/mol. The van der Waals surface area contributed by atoms with Crippen molar-refractivity contribution in [1.82, 2.24) is 31.9 Å². The van der Waals surface area contributed by atoms with E-state index in [0.29, 0.717) is 5.75 Å². The summed E-state index contributed by atoms with van der Waals surface area (Å²) in [5, 5.41) is 24.1. The minimum Gasteiger partial charge on any atom is -0.481 e. The van der Waals surface area contributed by atoms with E-state index in [1.807, 2.05) is 0 Å². The molecule has 0 saturated carbocycles. The third-order valence-corrected chi connectivity index (χ3v) is 9.30. The van der Waals surface area contributed by atoms with Crippen LogP contribution in [-0.2, 0) is 43.2 Å². The van der Waals surface area contributed by atoms with Crippen molar-refractivity contribution in [2.75, 3.05) is 31.6 Å². The minimum atomic E-state index is -1.51. The van der Waals surface area contributed by atoms with Crippen molar-refractivity contribution in [2.45, 2.75) is 114 Å². The molecule has 0 radical (unpaired) electrons. The number of aliphatic imine (C=N–C) groups is 3. The van der Waals surface area contributed by atoms with Crippen LogP contribution in [0.4, 0.5) is 0 Å². The SMILES string of the molecule is CSCC[C@H](NC(=O)[C@H](CCC(N)=O)NC(=O)[C@H](CCCN=C(N)N)NC(=O)[C@H](CCCN=C(N)N)NC(C)=O)C(=O)N[C@@H](CCCN=C(N)N)C(=O)N[C@@H](CCC(=O)O)C(N)=O. The summed E-state index contributed by atoms with van der Waals surface area (Å²) in [5.41, 5.74) is 43.1. The molecule has 0 unspecified atom stereocenters. The molecule has 0 aliphatic rings. The molecule has 0 aromatic rings. The lowest BCUT2D eigenvalue weighted by Gasteiger charge is -2.27. The third-order valence-electron chi connectivity index (χ3n) is 8.66. The van der Waals surface area contributed by atoms with Gasteiger partial charge in [-0.2, -0.15) is 11.8 Å². The van der Waals surface area contributed by atoms with Crippen LogP contribution in [-0.4, -0.2) is 144 Å². The monoisotopic (exact) mass is 915 g/mol. The van der Waals surface area contributed by atoms with E-state index in [9.17, 15) is 43.2 Å². The maximum atomic E-state index is 13.9. The number of amides is 8. The van der Waals surface area contributed by atoms with Gasteiger partial charge in [0, 0.05) is 39.4 Å². The minimum absolute atomic E-state index is 0.00270. The molecule has 8 amide bonds. The van der Waals surface area contributed by atoms with E-state index in [-0.39, 0.29) is 95.3 Å². The highest BCUT2D eigenvalue weighted by Crippen LogP contribution is 2.10. The van der Waals surface area contributed by atoms with Crippen LogP contribution in [0, 0.1) is 0 Å². The number of hydrogen-bond donors (Lipinski definition) is 15. The van der Waals surface area contributed by atoms with Crippen molar-refractivity contribution in [3.05, 3.63) is 0 Å². The molecule has 0 aromatic carbocycles. The van der Waals surface area contributed by atoms with E-state index in [0.717, 1.165) is 0 Å². The molecular weight excluding hydrogens is 851 g/mol. The van der Waals surface area contributed by atoms with Crippen molar-refractivity contribution >= 4 is 82.9 Å². The molecule has 0 heterocycles. The van der Waals surface area contributed by atoms with Gasteiger partial charge in [0.15, 0.2) is 17.9 Å². The van der Waals surface area contributed by atoms with E-state index in [2.05, 4.69) is 46.9 Å². The summed E-state index contributed by atoms with van der Waals surface area (Å²) in [5.74, 6) is -8.32. The first-order valence-corrected chi connectivity index (χ1v) is 21.2. The molecule has 0 bridgehead atoms. The van der Waals surface area contributed by atoms with Crippen LogP contribution < -0.4 is 77.8 Å². The Morgan fingerprint density at radius 3 is 1.10 bits per heavy atom. The van der Waals surface area contributed by atoms with Crippen molar-refractivity contribution in [3.8, 4) is 0 Å². The van der Waals surface area contributed by atoms with Crippen LogP contribution in [0.25, 0.3) is 0 Å². The number of primary amides is 2. The van der Waals surface area contributed by atoms with Gasteiger partial charge in [-0.1, -0.05) is 0 Å². The number of nitrogens with two attached hydrogens (primary N) is 8. The highest BCUT2D eigenvalue weighted by Gasteiger charge is 2.33. The first kappa shape index (κ1) is 56.4. The summed E-state index contributed by atoms with van der Waals surface area (Å²) >= 11 is 1.32. The lowest BCUT2D eigenvalue weighted by Crippen LogP contribution is -2.59. The average Bonchev–Trinajstić information content (AvgIpc) is 3.18. The molecule has 0 saturated heterocycles. The summed E-state index contributed by atoms with van der Waals surface area (Å²) in [6.07, 6.45) is 0.610. The first-order chi connectivity index (χ1) is 29.6. The highest BCUT2D eigenvalue weighted by molar-refractivity contribution is 7.98. The molecule has 6 atom stereocenters. The fourth-order valence-electron chi connectivity index (χ4n) is 5.54. The second kappa shape index (κ2) is 31.3. The summed E-state index contributed by atoms with van der Waals surface area (Å²) in [4.78, 5) is 127. The molecule has 0 aromatic heterocycles. The third kappa shape index (κ3) is 27.1. The van der Waals surface area contributed by atoms with Crippen LogP contribution in [0.3, 0.4) is 0 Å². The predicted octanol–water partition coefficient (Wildman–Crippen LogP) is -6.56. The maximum absolute atomic E-state index is 13.9. The maximum Gasteiger partial charge on any atom is 0.303 e. The van der Waals surface area contributed by atoms with Crippen molar-refractivity contribution in [3.63, 3.8) is 0 Å². The number of guanidine groups is 3. The zero-order valence-electron chi connectivity index (χ0n) is 35.6. The fraction of sp³-hybridized carbons (Fsp3) is 0.657. The molecule has 0 aliphatic heterocycles. The van der Waals surface area contributed by atoms with Crippen LogP contribution >= 0.6 is 11.8 Å². The normalized spacial score (nSPS) is 13.4. The van der Waals surface area contributed by atoms with Crippen molar-refractivity contribution < 1.29 is 48.3 Å². The van der Waals surface area contributed by atoms with Gasteiger partial charge < -0.3 is 82.9 Å². The molecule has 0 rings (SSSR count). The van der Waals surface area contributed by atoms with E-state index < -0.39 is 102 Å². The zero-order chi connectivity index (χ0) is 48.1. The second-order valence-electron chi connectivity index (χ2n) is 14.0. The van der Waals surface area contributed by atoms with Crippen molar-refractivity contribution in [2.24, 2.45) is 60.8 Å². The Balaban J connectivity index is 6.61. The van der Waals surface area contributed by atoms with Crippen LogP contribution in [0.15, 0.2) is 15.0 Å². The fourth-order valence-corrected chi connectivity index (χ4v) is 6.01. The first-order valence-electron chi connectivity index (χ1n) is 19.8. The molecule has 0 fully saturated rings. The summed E-state index contributed by atoms with van der Waals surface area (Å²) < 4.78 is 0. The van der Waals surface area contributed by atoms with Gasteiger partial charge in [-0.15, -0.1) is 0 Å². The van der Waals surface area contributed by atoms with Gasteiger partial charge in [-0.05, 0) is 69.8 Å². The molecule has 0 aliphatic carbocycles. The van der Waals surface area contributed by atoms with Gasteiger partial charge in [-0.25, -0.2) is 0 Å². The molecule has 356 valence electrons. The summed E-state index contributed by atoms with van der Waals surface area (Å²) in [6, 6.07) is -8.11. The van der Waals surface area contributed by atoms with Crippen LogP contribution in [0.2, 0.25) is 0 Å². The Morgan fingerprint density at radius 2 is 0.794 bits per heavy atom. The zero-order valence-corrected chi connectivity index (χ0v) is 36.4. The van der Waals surface area contributed by atoms with Gasteiger partial charge in [0.2, 0.25) is 47.3 Å². The number of thioether (sulfide) groups is 1. The Bertz CT molecular complexity index is 1650. The molecule has 63 heavy (non-hydrogen) atoms. The Hall–Kier alpha value is -6.61. The number of rotatable bonds is 33. The van der Waals surface area contributed by atoms with Gasteiger partial charge in [-0.3, -0.25) is 58.1 Å². The topological polar surface area (TPSA) is 491 Å². The summed E-state index contributed by atoms with van der Waals surface area (Å²) in [6.45, 7) is 1.42. The largest absolute Gasteiger partial charge is 0.481 e.